The van der Waals surface area contributed by atoms with Crippen LogP contribution in [0.15, 0.2) is 42.2 Å². The largest absolute Gasteiger partial charge is 0.444 e. The molecule has 8 nitrogen and oxygen atoms in total. The van der Waals surface area contributed by atoms with Gasteiger partial charge in [0.2, 0.25) is 5.91 Å². The van der Waals surface area contributed by atoms with Gasteiger partial charge in [-0.1, -0.05) is 19.9 Å². The number of ketones is 1. The second kappa shape index (κ2) is 12.2. The van der Waals surface area contributed by atoms with Crippen LogP contribution in [0, 0.1) is 6.92 Å². The number of Topliss-reactive ketones (excluding diaryl/α,β-unsaturated/α-hetero) is 1. The molecule has 0 aliphatic rings. The Balaban J connectivity index is 0.00000379. The van der Waals surface area contributed by atoms with E-state index in [1.165, 1.54) is 6.08 Å². The minimum Gasteiger partial charge on any atom is -0.444 e. The zero-order valence-corrected chi connectivity index (χ0v) is 18.0. The van der Waals surface area contributed by atoms with Crippen molar-refractivity contribution in [2.45, 2.75) is 53.6 Å². The van der Waals surface area contributed by atoms with E-state index in [1.54, 1.807) is 39.0 Å². The number of carbonyl (C=O) groups is 3. The lowest BCUT2D eigenvalue weighted by molar-refractivity contribution is -0.123. The Morgan fingerprint density at radius 1 is 1.07 bits per heavy atom. The highest BCUT2D eigenvalue weighted by Crippen LogP contribution is 2.24. The van der Waals surface area contributed by atoms with Gasteiger partial charge in [-0.2, -0.15) is 0 Å². The van der Waals surface area contributed by atoms with Crippen LogP contribution in [0.1, 0.15) is 46.6 Å². The SMILES string of the molecule is CC.Cc1ccc(NC(=O)OC(C)(C)C)c(NC(=O)CC(=O)C(/C=C\N)=C/N)c1. The summed E-state index contributed by atoms with van der Waals surface area (Å²) in [5.41, 5.74) is 11.6. The number of aryl methyl sites for hydroxylation is 1. The monoisotopic (exact) mass is 404 g/mol. The molecule has 1 aromatic rings. The Hall–Kier alpha value is -3.29. The predicted octanol–water partition coefficient (Wildman–Crippen LogP) is 3.58. The molecule has 0 atom stereocenters. The molecule has 29 heavy (non-hydrogen) atoms. The topological polar surface area (TPSA) is 137 Å². The van der Waals surface area contributed by atoms with Crippen LogP contribution in [-0.2, 0) is 14.3 Å². The van der Waals surface area contributed by atoms with Crippen LogP contribution in [-0.4, -0.2) is 23.4 Å². The number of allylic oxidation sites excluding steroid dienone is 2. The molecule has 0 saturated carbocycles. The van der Waals surface area contributed by atoms with Crippen molar-refractivity contribution in [3.63, 3.8) is 0 Å². The first-order valence-electron chi connectivity index (χ1n) is 9.29. The van der Waals surface area contributed by atoms with E-state index in [0.29, 0.717) is 11.4 Å². The number of amides is 2. The third-order valence-corrected chi connectivity index (χ3v) is 3.18. The maximum absolute atomic E-state index is 12.2. The second-order valence-electron chi connectivity index (χ2n) is 6.81. The van der Waals surface area contributed by atoms with Crippen molar-refractivity contribution in [2.24, 2.45) is 11.5 Å². The van der Waals surface area contributed by atoms with Crippen molar-refractivity contribution < 1.29 is 19.1 Å². The van der Waals surface area contributed by atoms with Crippen molar-refractivity contribution in [3.8, 4) is 0 Å². The van der Waals surface area contributed by atoms with E-state index in [9.17, 15) is 14.4 Å². The average Bonchev–Trinajstić information content (AvgIpc) is 2.61. The molecule has 2 amide bonds. The lowest BCUT2D eigenvalue weighted by Crippen LogP contribution is -2.27. The van der Waals surface area contributed by atoms with Crippen LogP contribution >= 0.6 is 0 Å². The summed E-state index contributed by atoms with van der Waals surface area (Å²) in [6, 6.07) is 5.09. The summed E-state index contributed by atoms with van der Waals surface area (Å²) in [5, 5.41) is 5.21. The molecule has 0 spiro atoms. The van der Waals surface area contributed by atoms with Crippen LogP contribution < -0.4 is 22.1 Å². The lowest BCUT2D eigenvalue weighted by atomic mass is 10.1. The van der Waals surface area contributed by atoms with E-state index in [1.807, 2.05) is 20.8 Å². The molecule has 0 heterocycles. The molecule has 6 N–H and O–H groups in total. The fourth-order valence-corrected chi connectivity index (χ4v) is 2.07. The van der Waals surface area contributed by atoms with Gasteiger partial charge in [-0.25, -0.2) is 4.79 Å². The predicted molar refractivity (Wildman–Crippen MR) is 116 cm³/mol. The summed E-state index contributed by atoms with van der Waals surface area (Å²) in [7, 11) is 0. The number of nitrogens with one attached hydrogen (secondary N) is 2. The molecule has 1 aromatic carbocycles. The average molecular weight is 405 g/mol. The molecule has 8 heteroatoms. The van der Waals surface area contributed by atoms with E-state index >= 15 is 0 Å². The van der Waals surface area contributed by atoms with Gasteiger partial charge in [-0.15, -0.1) is 0 Å². The molecular weight excluding hydrogens is 372 g/mol. The van der Waals surface area contributed by atoms with E-state index < -0.39 is 29.8 Å². The van der Waals surface area contributed by atoms with Gasteiger partial charge >= 0.3 is 6.09 Å². The van der Waals surface area contributed by atoms with E-state index in [4.69, 9.17) is 16.2 Å². The van der Waals surface area contributed by atoms with Crippen LogP contribution in [0.25, 0.3) is 0 Å². The minimum atomic E-state index is -0.661. The summed E-state index contributed by atoms with van der Waals surface area (Å²) in [6.45, 7) is 11.1. The molecular formula is C21H32N4O4. The smallest absolute Gasteiger partial charge is 0.412 e. The van der Waals surface area contributed by atoms with Crippen molar-refractivity contribution in [1.82, 2.24) is 0 Å². The van der Waals surface area contributed by atoms with Gasteiger partial charge in [0.1, 0.15) is 5.60 Å². The summed E-state index contributed by atoms with van der Waals surface area (Å²) in [6.07, 6.45) is 2.49. The van der Waals surface area contributed by atoms with Gasteiger partial charge in [0, 0.05) is 11.8 Å². The van der Waals surface area contributed by atoms with Gasteiger partial charge < -0.3 is 21.5 Å². The van der Waals surface area contributed by atoms with Crippen molar-refractivity contribution in [1.29, 1.82) is 0 Å². The van der Waals surface area contributed by atoms with Gasteiger partial charge in [0.05, 0.1) is 17.8 Å². The zero-order valence-electron chi connectivity index (χ0n) is 18.0. The summed E-state index contributed by atoms with van der Waals surface area (Å²) < 4.78 is 5.21. The molecule has 0 aliphatic heterocycles. The van der Waals surface area contributed by atoms with Gasteiger partial charge in [0.25, 0.3) is 0 Å². The number of nitrogens with two attached hydrogens (primary N) is 2. The van der Waals surface area contributed by atoms with Crippen LogP contribution in [0.3, 0.4) is 0 Å². The Morgan fingerprint density at radius 3 is 2.21 bits per heavy atom. The third-order valence-electron chi connectivity index (χ3n) is 3.18. The molecule has 0 saturated heterocycles. The number of ether oxygens (including phenoxy) is 1. The Kier molecular flexibility index (Phi) is 10.8. The molecule has 0 fully saturated rings. The fourth-order valence-electron chi connectivity index (χ4n) is 2.07. The van der Waals surface area contributed by atoms with Gasteiger partial charge in [-0.05, 0) is 57.7 Å². The maximum Gasteiger partial charge on any atom is 0.412 e. The first-order valence-corrected chi connectivity index (χ1v) is 9.29. The van der Waals surface area contributed by atoms with Gasteiger partial charge in [-0.3, -0.25) is 14.9 Å². The number of hydrogen-bond acceptors (Lipinski definition) is 6. The highest BCUT2D eigenvalue weighted by Gasteiger charge is 2.18. The number of anilines is 2. The molecule has 0 bridgehead atoms. The lowest BCUT2D eigenvalue weighted by Gasteiger charge is -2.20. The minimum absolute atomic E-state index is 0.129. The molecule has 1 rings (SSSR count). The standard InChI is InChI=1S/C19H26N4O4.C2H6/c1-12-5-6-14(23-18(26)27-19(2,3)4)15(9-12)22-17(25)10-16(24)13(11-21)7-8-20;1-2/h5-9,11H,10,20-21H2,1-4H3,(H,22,25)(H,23,26);1-2H3/b8-7-,13-11+;. The van der Waals surface area contributed by atoms with E-state index in [-0.39, 0.29) is 5.57 Å². The Morgan fingerprint density at radius 2 is 1.69 bits per heavy atom. The van der Waals surface area contributed by atoms with Crippen LogP contribution in [0.4, 0.5) is 16.2 Å². The van der Waals surface area contributed by atoms with Crippen LogP contribution in [0.2, 0.25) is 0 Å². The highest BCUT2D eigenvalue weighted by atomic mass is 16.6. The number of carbonyl (C=O) groups excluding carboxylic acids is 3. The summed E-state index contributed by atoms with van der Waals surface area (Å²) >= 11 is 0. The molecule has 0 aromatic heterocycles. The van der Waals surface area contributed by atoms with Crippen molar-refractivity contribution in [3.05, 3.63) is 47.8 Å². The quantitative estimate of drug-likeness (QED) is 0.325. The van der Waals surface area contributed by atoms with E-state index in [0.717, 1.165) is 18.0 Å². The third kappa shape index (κ3) is 9.99. The Labute approximate surface area is 172 Å². The first-order chi connectivity index (χ1) is 13.6. The summed E-state index contributed by atoms with van der Waals surface area (Å²) in [4.78, 5) is 36.3. The van der Waals surface area contributed by atoms with E-state index in [2.05, 4.69) is 10.6 Å². The van der Waals surface area contributed by atoms with Gasteiger partial charge in [0.15, 0.2) is 5.78 Å². The zero-order chi connectivity index (χ0) is 22.6. The highest BCUT2D eigenvalue weighted by molar-refractivity contribution is 6.12. The fraction of sp³-hybridized carbons (Fsp3) is 0.381. The van der Waals surface area contributed by atoms with Crippen molar-refractivity contribution >= 4 is 29.2 Å². The Bertz CT molecular complexity index is 777. The maximum atomic E-state index is 12.2. The number of benzene rings is 1. The molecule has 160 valence electrons. The first kappa shape index (κ1) is 25.7. The summed E-state index contributed by atoms with van der Waals surface area (Å²) in [5.74, 6) is -1.03. The normalized spacial score (nSPS) is 11.3. The molecule has 0 aliphatic carbocycles. The number of hydrogen-bond donors (Lipinski definition) is 4. The molecule has 0 unspecified atom stereocenters. The molecule has 0 radical (unpaired) electrons. The number of rotatable bonds is 6. The second-order valence-corrected chi connectivity index (χ2v) is 6.81. The van der Waals surface area contributed by atoms with Crippen molar-refractivity contribution in [2.75, 3.05) is 10.6 Å². The van der Waals surface area contributed by atoms with Crippen LogP contribution in [0.5, 0.6) is 0 Å².